The molecule has 1 rings (SSSR count). The summed E-state index contributed by atoms with van der Waals surface area (Å²) in [6, 6.07) is 0. The second-order valence-electron chi connectivity index (χ2n) is 2.29. The van der Waals surface area contributed by atoms with Crippen molar-refractivity contribution in [1.82, 2.24) is 0 Å². The van der Waals surface area contributed by atoms with Crippen LogP contribution in [-0.4, -0.2) is 17.9 Å². The van der Waals surface area contributed by atoms with Gasteiger partial charge in [0.05, 0.1) is 11.5 Å². The van der Waals surface area contributed by atoms with Crippen molar-refractivity contribution in [3.05, 3.63) is 11.1 Å². The average Bonchev–Trinajstić information content (AvgIpc) is 2.10. The minimum Gasteiger partial charge on any atom is -0.458 e. The number of hydrogen-bond acceptors (Lipinski definition) is 3. The summed E-state index contributed by atoms with van der Waals surface area (Å²) in [5, 5.41) is 0.163. The highest BCUT2D eigenvalue weighted by Crippen LogP contribution is 2.20. The summed E-state index contributed by atoms with van der Waals surface area (Å²) >= 11 is 5.46. The lowest BCUT2D eigenvalue weighted by molar-refractivity contribution is -0.144. The molecule has 11 heavy (non-hydrogen) atoms. The van der Waals surface area contributed by atoms with E-state index in [2.05, 4.69) is 0 Å². The van der Waals surface area contributed by atoms with Crippen molar-refractivity contribution in [3.8, 4) is 0 Å². The van der Waals surface area contributed by atoms with Crippen LogP contribution in [0.2, 0.25) is 0 Å². The van der Waals surface area contributed by atoms with E-state index in [1.807, 2.05) is 0 Å². The Hall–Kier alpha value is -0.830. The van der Waals surface area contributed by atoms with Crippen LogP contribution in [0.25, 0.3) is 0 Å². The molecule has 0 saturated carbocycles. The van der Waals surface area contributed by atoms with Crippen molar-refractivity contribution in [2.45, 2.75) is 19.4 Å². The maximum Gasteiger partial charge on any atom is 0.303 e. The highest BCUT2D eigenvalue weighted by atomic mass is 35.5. The average molecular weight is 175 g/mol. The summed E-state index contributed by atoms with van der Waals surface area (Å²) in [5.41, 5.74) is 0. The number of ketones is 1. The number of carbonyl (C=O) groups is 2. The summed E-state index contributed by atoms with van der Waals surface area (Å²) < 4.78 is 4.73. The quantitative estimate of drug-likeness (QED) is 0.558. The molecule has 0 bridgehead atoms. The molecule has 0 spiro atoms. The third kappa shape index (κ3) is 2.05. The van der Waals surface area contributed by atoms with Crippen LogP contribution in [0.5, 0.6) is 0 Å². The van der Waals surface area contributed by atoms with E-state index in [9.17, 15) is 9.59 Å². The summed E-state index contributed by atoms with van der Waals surface area (Å²) in [5.74, 6) is -0.566. The van der Waals surface area contributed by atoms with E-state index in [0.717, 1.165) is 0 Å². The van der Waals surface area contributed by atoms with E-state index in [-0.39, 0.29) is 17.2 Å². The van der Waals surface area contributed by atoms with Crippen LogP contribution < -0.4 is 0 Å². The lowest BCUT2D eigenvalue weighted by Crippen LogP contribution is -2.12. The van der Waals surface area contributed by atoms with Gasteiger partial charge in [0.1, 0.15) is 6.10 Å². The van der Waals surface area contributed by atoms with Crippen molar-refractivity contribution in [2.75, 3.05) is 0 Å². The van der Waals surface area contributed by atoms with Crippen LogP contribution >= 0.6 is 11.6 Å². The van der Waals surface area contributed by atoms with Crippen LogP contribution in [-0.2, 0) is 14.3 Å². The van der Waals surface area contributed by atoms with E-state index in [4.69, 9.17) is 16.3 Å². The molecule has 0 N–H and O–H groups in total. The summed E-state index contributed by atoms with van der Waals surface area (Å²) in [6.07, 6.45) is 1.18. The molecule has 1 aliphatic carbocycles. The van der Waals surface area contributed by atoms with E-state index < -0.39 is 12.1 Å². The van der Waals surface area contributed by atoms with Gasteiger partial charge in [0.15, 0.2) is 5.78 Å². The number of rotatable bonds is 1. The third-order valence-corrected chi connectivity index (χ3v) is 1.64. The topological polar surface area (TPSA) is 43.4 Å². The van der Waals surface area contributed by atoms with Crippen molar-refractivity contribution in [3.63, 3.8) is 0 Å². The molecule has 0 saturated heterocycles. The molecule has 0 heterocycles. The van der Waals surface area contributed by atoms with Crippen LogP contribution in [0, 0.1) is 0 Å². The Morgan fingerprint density at radius 2 is 2.45 bits per heavy atom. The molecule has 60 valence electrons. The van der Waals surface area contributed by atoms with Gasteiger partial charge in [-0.25, -0.2) is 0 Å². The number of esters is 1. The summed E-state index contributed by atoms with van der Waals surface area (Å²) in [7, 11) is 0. The molecule has 0 aromatic carbocycles. The first-order valence-electron chi connectivity index (χ1n) is 3.17. The zero-order valence-corrected chi connectivity index (χ0v) is 6.72. The van der Waals surface area contributed by atoms with Gasteiger partial charge in [-0.1, -0.05) is 11.6 Å². The molecular weight excluding hydrogens is 168 g/mol. The Labute approximate surface area is 69.0 Å². The first kappa shape index (κ1) is 8.27. The lowest BCUT2D eigenvalue weighted by Gasteiger charge is -2.04. The Kier molecular flexibility index (Phi) is 2.29. The molecule has 0 aromatic heterocycles. The number of hydrogen-bond donors (Lipinski definition) is 0. The number of carbonyl (C=O) groups excluding carboxylic acids is 2. The van der Waals surface area contributed by atoms with Gasteiger partial charge in [0, 0.05) is 6.92 Å². The molecule has 0 aliphatic heterocycles. The van der Waals surface area contributed by atoms with Crippen LogP contribution in [0.3, 0.4) is 0 Å². The molecule has 0 fully saturated rings. The third-order valence-electron chi connectivity index (χ3n) is 1.30. The molecule has 1 aliphatic rings. The Balaban J connectivity index is 2.54. The van der Waals surface area contributed by atoms with Crippen molar-refractivity contribution in [1.29, 1.82) is 0 Å². The van der Waals surface area contributed by atoms with E-state index in [1.165, 1.54) is 13.0 Å². The fraction of sp³-hybridized carbons (Fsp3) is 0.429. The van der Waals surface area contributed by atoms with Gasteiger partial charge in [-0.2, -0.15) is 0 Å². The molecule has 0 aromatic rings. The van der Waals surface area contributed by atoms with Gasteiger partial charge >= 0.3 is 5.97 Å². The number of allylic oxidation sites excluding steroid dienone is 1. The summed E-state index contributed by atoms with van der Waals surface area (Å²) in [4.78, 5) is 21.2. The number of Topliss-reactive ketones (excluding diaryl/α,β-unsaturated/α-hetero) is 1. The largest absolute Gasteiger partial charge is 0.458 e. The fourth-order valence-electron chi connectivity index (χ4n) is 0.884. The van der Waals surface area contributed by atoms with E-state index >= 15 is 0 Å². The highest BCUT2D eigenvalue weighted by molar-refractivity contribution is 6.43. The molecule has 0 radical (unpaired) electrons. The van der Waals surface area contributed by atoms with Crippen LogP contribution in [0.15, 0.2) is 11.1 Å². The Morgan fingerprint density at radius 1 is 1.82 bits per heavy atom. The maximum atomic E-state index is 10.8. The molecular formula is C7H7ClO3. The molecule has 3 nitrogen and oxygen atoms in total. The lowest BCUT2D eigenvalue weighted by atomic mass is 10.3. The molecule has 4 heteroatoms. The van der Waals surface area contributed by atoms with E-state index in [1.54, 1.807) is 0 Å². The van der Waals surface area contributed by atoms with Gasteiger partial charge in [0.25, 0.3) is 0 Å². The predicted molar refractivity (Wildman–Crippen MR) is 39.1 cm³/mol. The van der Waals surface area contributed by atoms with Crippen LogP contribution in [0.1, 0.15) is 13.3 Å². The summed E-state index contributed by atoms with van der Waals surface area (Å²) in [6.45, 7) is 1.30. The number of halogens is 1. The molecule has 0 amide bonds. The zero-order valence-electron chi connectivity index (χ0n) is 5.96. The highest BCUT2D eigenvalue weighted by Gasteiger charge is 2.24. The molecule has 1 unspecified atom stereocenters. The van der Waals surface area contributed by atoms with Crippen molar-refractivity contribution < 1.29 is 14.3 Å². The second kappa shape index (κ2) is 3.05. The predicted octanol–water partition coefficient (Wildman–Crippen LogP) is 1.01. The second-order valence-corrected chi connectivity index (χ2v) is 2.70. The maximum absolute atomic E-state index is 10.8. The van der Waals surface area contributed by atoms with Crippen molar-refractivity contribution >= 4 is 23.4 Å². The van der Waals surface area contributed by atoms with Gasteiger partial charge < -0.3 is 4.74 Å². The van der Waals surface area contributed by atoms with Crippen molar-refractivity contribution in [2.24, 2.45) is 0 Å². The van der Waals surface area contributed by atoms with Gasteiger partial charge in [-0.05, 0) is 6.08 Å². The van der Waals surface area contributed by atoms with Gasteiger partial charge in [0.2, 0.25) is 0 Å². The SMILES string of the molecule is CC(=O)OC1C=C(Cl)C(=O)C1. The van der Waals surface area contributed by atoms with Crippen LogP contribution in [0.4, 0.5) is 0 Å². The minimum absolute atomic E-state index is 0.163. The zero-order chi connectivity index (χ0) is 8.43. The standard InChI is InChI=1S/C7H7ClO3/c1-4(9)11-5-2-6(8)7(10)3-5/h2,5H,3H2,1H3. The van der Waals surface area contributed by atoms with Gasteiger partial charge in [-0.3, -0.25) is 9.59 Å². The Bertz CT molecular complexity index is 232. The smallest absolute Gasteiger partial charge is 0.303 e. The number of ether oxygens (including phenoxy) is 1. The minimum atomic E-state index is -0.451. The first-order chi connectivity index (χ1) is 5.09. The first-order valence-corrected chi connectivity index (χ1v) is 3.55. The van der Waals surface area contributed by atoms with E-state index in [0.29, 0.717) is 0 Å². The molecule has 1 atom stereocenters. The Morgan fingerprint density at radius 3 is 2.82 bits per heavy atom. The normalized spacial score (nSPS) is 23.3. The monoisotopic (exact) mass is 174 g/mol. The van der Waals surface area contributed by atoms with Gasteiger partial charge in [-0.15, -0.1) is 0 Å². The fourth-order valence-corrected chi connectivity index (χ4v) is 1.10.